The van der Waals surface area contributed by atoms with E-state index in [2.05, 4.69) is 5.16 Å². The van der Waals surface area contributed by atoms with Gasteiger partial charge in [-0.3, -0.25) is 0 Å². The highest BCUT2D eigenvalue weighted by Crippen LogP contribution is 2.45. The average Bonchev–Trinajstić information content (AvgIpc) is 2.66. The van der Waals surface area contributed by atoms with Crippen LogP contribution in [0, 0.1) is 0 Å². The minimum absolute atomic E-state index is 0.306. The summed E-state index contributed by atoms with van der Waals surface area (Å²) in [4.78, 5) is 16.3. The van der Waals surface area contributed by atoms with E-state index in [1.165, 1.54) is 6.21 Å². The van der Waals surface area contributed by atoms with Gasteiger partial charge in [0.1, 0.15) is 23.0 Å². The second-order valence-corrected chi connectivity index (χ2v) is 5.37. The zero-order valence-electron chi connectivity index (χ0n) is 15.6. The van der Waals surface area contributed by atoms with E-state index in [1.807, 2.05) is 6.92 Å². The van der Waals surface area contributed by atoms with Crippen molar-refractivity contribution in [2.75, 3.05) is 28.4 Å². The molecule has 0 fully saturated rings. The summed E-state index contributed by atoms with van der Waals surface area (Å²) in [5.41, 5.74) is 0.577. The molecule has 0 radical (unpaired) electrons. The SMILES string of the molecule is CCCC(=O)ON=Cc1cc(OC)c2c(OC)ccc(OC)c2c1OC. The van der Waals surface area contributed by atoms with Crippen LogP contribution in [0.5, 0.6) is 23.0 Å². The molecule has 0 aliphatic rings. The average molecular weight is 361 g/mol. The number of carbonyl (C=O) groups is 1. The summed E-state index contributed by atoms with van der Waals surface area (Å²) in [6.45, 7) is 1.89. The molecule has 0 aliphatic carbocycles. The molecule has 7 heteroatoms. The zero-order chi connectivity index (χ0) is 19.1. The molecule has 2 rings (SSSR count). The Morgan fingerprint density at radius 1 is 0.962 bits per heavy atom. The Bertz CT molecular complexity index is 816. The molecule has 26 heavy (non-hydrogen) atoms. The number of nitrogens with zero attached hydrogens (tertiary/aromatic N) is 1. The fraction of sp³-hybridized carbons (Fsp3) is 0.368. The van der Waals surface area contributed by atoms with E-state index in [4.69, 9.17) is 23.8 Å². The molecule has 0 saturated carbocycles. The summed E-state index contributed by atoms with van der Waals surface area (Å²) in [7, 11) is 6.25. The van der Waals surface area contributed by atoms with Crippen LogP contribution in [-0.4, -0.2) is 40.6 Å². The number of oxime groups is 1. The van der Waals surface area contributed by atoms with Gasteiger partial charge in [0.2, 0.25) is 0 Å². The Balaban J connectivity index is 2.65. The molecule has 2 aromatic carbocycles. The molecule has 0 heterocycles. The van der Waals surface area contributed by atoms with Crippen molar-refractivity contribution in [3.63, 3.8) is 0 Å². The summed E-state index contributed by atoms with van der Waals surface area (Å²) < 4.78 is 22.0. The van der Waals surface area contributed by atoms with Crippen LogP contribution in [0.2, 0.25) is 0 Å². The fourth-order valence-electron chi connectivity index (χ4n) is 2.67. The highest BCUT2D eigenvalue weighted by atomic mass is 16.7. The largest absolute Gasteiger partial charge is 0.496 e. The predicted octanol–water partition coefficient (Wildman–Crippen LogP) is 3.55. The second-order valence-electron chi connectivity index (χ2n) is 5.37. The topological polar surface area (TPSA) is 75.6 Å². The number of fused-ring (bicyclic) bond motifs is 1. The van der Waals surface area contributed by atoms with Crippen molar-refractivity contribution in [3.8, 4) is 23.0 Å². The van der Waals surface area contributed by atoms with Gasteiger partial charge < -0.3 is 23.8 Å². The third-order valence-electron chi connectivity index (χ3n) is 3.82. The molecular formula is C19H23NO6. The summed E-state index contributed by atoms with van der Waals surface area (Å²) in [5, 5.41) is 5.16. The van der Waals surface area contributed by atoms with Gasteiger partial charge in [-0.25, -0.2) is 4.79 Å². The number of carbonyl (C=O) groups excluding carboxylic acids is 1. The van der Waals surface area contributed by atoms with Crippen LogP contribution in [0.15, 0.2) is 23.4 Å². The van der Waals surface area contributed by atoms with E-state index >= 15 is 0 Å². The zero-order valence-corrected chi connectivity index (χ0v) is 15.6. The minimum Gasteiger partial charge on any atom is -0.496 e. The number of ether oxygens (including phenoxy) is 4. The number of hydrogen-bond donors (Lipinski definition) is 0. The number of hydrogen-bond acceptors (Lipinski definition) is 7. The Hall–Kier alpha value is -2.96. The first-order chi connectivity index (χ1) is 12.6. The fourth-order valence-corrected chi connectivity index (χ4v) is 2.67. The number of benzene rings is 2. The number of rotatable bonds is 8. The lowest BCUT2D eigenvalue weighted by Gasteiger charge is -2.17. The summed E-state index contributed by atoms with van der Waals surface area (Å²) in [5.74, 6) is 1.88. The van der Waals surface area contributed by atoms with Gasteiger partial charge in [-0.05, 0) is 24.6 Å². The lowest BCUT2D eigenvalue weighted by atomic mass is 10.0. The van der Waals surface area contributed by atoms with Crippen molar-refractivity contribution < 1.29 is 28.6 Å². The van der Waals surface area contributed by atoms with Crippen LogP contribution in [0.3, 0.4) is 0 Å². The van der Waals surface area contributed by atoms with Crippen LogP contribution in [0.1, 0.15) is 25.3 Å². The molecule has 0 unspecified atom stereocenters. The first-order valence-corrected chi connectivity index (χ1v) is 8.14. The van der Waals surface area contributed by atoms with Crippen molar-refractivity contribution in [2.24, 2.45) is 5.16 Å². The van der Waals surface area contributed by atoms with Gasteiger partial charge in [-0.2, -0.15) is 0 Å². The molecule has 0 aliphatic heterocycles. The molecule has 0 bridgehead atoms. The molecule has 0 amide bonds. The van der Waals surface area contributed by atoms with Gasteiger partial charge in [0.15, 0.2) is 0 Å². The Morgan fingerprint density at radius 2 is 1.58 bits per heavy atom. The molecule has 0 atom stereocenters. The van der Waals surface area contributed by atoms with Crippen LogP contribution in [0.25, 0.3) is 10.8 Å². The molecule has 140 valence electrons. The molecule has 0 saturated heterocycles. The normalized spacial score (nSPS) is 10.8. The Kier molecular flexibility index (Phi) is 6.66. The van der Waals surface area contributed by atoms with Crippen LogP contribution >= 0.6 is 0 Å². The minimum atomic E-state index is -0.394. The second kappa shape index (κ2) is 8.94. The summed E-state index contributed by atoms with van der Waals surface area (Å²) in [6.07, 6.45) is 2.41. The third kappa shape index (κ3) is 3.82. The van der Waals surface area contributed by atoms with Crippen LogP contribution < -0.4 is 18.9 Å². The lowest BCUT2D eigenvalue weighted by molar-refractivity contribution is -0.143. The van der Waals surface area contributed by atoms with E-state index in [0.29, 0.717) is 52.2 Å². The van der Waals surface area contributed by atoms with E-state index in [-0.39, 0.29) is 0 Å². The first-order valence-electron chi connectivity index (χ1n) is 8.14. The van der Waals surface area contributed by atoms with Gasteiger partial charge in [0.05, 0.1) is 45.4 Å². The molecule has 7 nitrogen and oxygen atoms in total. The van der Waals surface area contributed by atoms with E-state index < -0.39 is 5.97 Å². The maximum Gasteiger partial charge on any atom is 0.335 e. The third-order valence-corrected chi connectivity index (χ3v) is 3.82. The summed E-state index contributed by atoms with van der Waals surface area (Å²) in [6, 6.07) is 5.31. The van der Waals surface area contributed by atoms with Crippen molar-refractivity contribution in [1.82, 2.24) is 0 Å². The van der Waals surface area contributed by atoms with Crippen LogP contribution in [0.4, 0.5) is 0 Å². The molecule has 0 aromatic heterocycles. The van der Waals surface area contributed by atoms with Crippen LogP contribution in [-0.2, 0) is 9.63 Å². The quantitative estimate of drug-likeness (QED) is 0.407. The highest BCUT2D eigenvalue weighted by Gasteiger charge is 2.20. The standard InChI is InChI=1S/C19H23NO6/c1-6-7-16(21)26-20-11-12-10-15(24-4)17-13(22-2)8-9-14(23-3)18(17)19(12)25-5/h8-11H,6-7H2,1-5H3. The van der Waals surface area contributed by atoms with E-state index in [9.17, 15) is 4.79 Å². The number of methoxy groups -OCH3 is 4. The monoisotopic (exact) mass is 361 g/mol. The van der Waals surface area contributed by atoms with Gasteiger partial charge in [0.25, 0.3) is 0 Å². The van der Waals surface area contributed by atoms with Crippen molar-refractivity contribution in [3.05, 3.63) is 23.8 Å². The first kappa shape index (κ1) is 19.4. The molecule has 0 N–H and O–H groups in total. The van der Waals surface area contributed by atoms with Gasteiger partial charge in [-0.15, -0.1) is 0 Å². The van der Waals surface area contributed by atoms with E-state index in [0.717, 1.165) is 0 Å². The molecular weight excluding hydrogens is 338 g/mol. The molecule has 0 spiro atoms. The van der Waals surface area contributed by atoms with Gasteiger partial charge in [0, 0.05) is 12.0 Å². The smallest absolute Gasteiger partial charge is 0.335 e. The van der Waals surface area contributed by atoms with Crippen molar-refractivity contribution >= 4 is 23.0 Å². The molecule has 2 aromatic rings. The predicted molar refractivity (Wildman–Crippen MR) is 98.8 cm³/mol. The Labute approximate surface area is 152 Å². The van der Waals surface area contributed by atoms with E-state index in [1.54, 1.807) is 46.6 Å². The Morgan fingerprint density at radius 3 is 2.12 bits per heavy atom. The van der Waals surface area contributed by atoms with Crippen molar-refractivity contribution in [1.29, 1.82) is 0 Å². The van der Waals surface area contributed by atoms with Crippen molar-refractivity contribution in [2.45, 2.75) is 19.8 Å². The summed E-state index contributed by atoms with van der Waals surface area (Å²) >= 11 is 0. The van der Waals surface area contributed by atoms with Gasteiger partial charge in [-0.1, -0.05) is 12.1 Å². The maximum atomic E-state index is 11.5. The lowest BCUT2D eigenvalue weighted by Crippen LogP contribution is -2.01. The highest BCUT2D eigenvalue weighted by molar-refractivity contribution is 6.06. The van der Waals surface area contributed by atoms with Gasteiger partial charge >= 0.3 is 5.97 Å². The maximum absolute atomic E-state index is 11.5.